The second kappa shape index (κ2) is 9.36. The summed E-state index contributed by atoms with van der Waals surface area (Å²) in [6.45, 7) is 4.93. The number of nitrogens with one attached hydrogen (secondary N) is 1. The summed E-state index contributed by atoms with van der Waals surface area (Å²) in [5, 5.41) is 2.70. The van der Waals surface area contributed by atoms with Gasteiger partial charge < -0.3 is 14.8 Å². The number of carbonyl (C=O) groups is 2. The van der Waals surface area contributed by atoms with E-state index in [1.165, 1.54) is 6.92 Å². The highest BCUT2D eigenvalue weighted by molar-refractivity contribution is 5.89. The molecule has 1 N–H and O–H groups in total. The number of carbonyl (C=O) groups excluding carboxylic acids is 2. The first kappa shape index (κ1) is 19.2. The van der Waals surface area contributed by atoms with Crippen LogP contribution in [0, 0.1) is 0 Å². The number of anilines is 1. The average Bonchev–Trinajstić information content (AvgIpc) is 2.59. The van der Waals surface area contributed by atoms with E-state index in [9.17, 15) is 9.59 Å². The van der Waals surface area contributed by atoms with Crippen molar-refractivity contribution in [3.05, 3.63) is 54.1 Å². The van der Waals surface area contributed by atoms with Gasteiger partial charge in [0.05, 0.1) is 11.8 Å². The van der Waals surface area contributed by atoms with E-state index >= 15 is 0 Å². The zero-order chi connectivity index (χ0) is 18.9. The number of hydrogen-bond acceptors (Lipinski definition) is 5. The molecule has 6 nitrogen and oxygen atoms in total. The van der Waals surface area contributed by atoms with Crippen molar-refractivity contribution in [2.24, 2.45) is 4.99 Å². The summed E-state index contributed by atoms with van der Waals surface area (Å²) in [5.74, 6) is 0.0805. The smallest absolute Gasteiger partial charge is 0.344 e. The first-order chi connectivity index (χ1) is 12.4. The van der Waals surface area contributed by atoms with Crippen molar-refractivity contribution in [1.82, 2.24) is 0 Å². The lowest BCUT2D eigenvalue weighted by Crippen LogP contribution is -2.18. The molecule has 0 saturated heterocycles. The summed E-state index contributed by atoms with van der Waals surface area (Å²) in [7, 11) is 0. The maximum Gasteiger partial charge on any atom is 0.344 e. The fourth-order valence-electron chi connectivity index (χ4n) is 2.07. The molecule has 0 bridgehead atoms. The average molecular weight is 354 g/mol. The van der Waals surface area contributed by atoms with Gasteiger partial charge in [-0.3, -0.25) is 9.79 Å². The van der Waals surface area contributed by atoms with Crippen molar-refractivity contribution in [1.29, 1.82) is 0 Å². The van der Waals surface area contributed by atoms with Gasteiger partial charge in [0.1, 0.15) is 5.75 Å². The van der Waals surface area contributed by atoms with Crippen LogP contribution in [0.15, 0.2) is 53.5 Å². The molecule has 0 fully saturated rings. The summed E-state index contributed by atoms with van der Waals surface area (Å²) >= 11 is 0. The van der Waals surface area contributed by atoms with E-state index in [1.54, 1.807) is 44.3 Å². The molecule has 0 saturated carbocycles. The first-order valence-electron chi connectivity index (χ1n) is 8.26. The predicted molar refractivity (Wildman–Crippen MR) is 101 cm³/mol. The largest absolute Gasteiger partial charge is 0.482 e. The van der Waals surface area contributed by atoms with Crippen LogP contribution in [-0.2, 0) is 14.3 Å². The second-order valence-corrected chi connectivity index (χ2v) is 5.88. The molecule has 2 aromatic rings. The molecule has 0 atom stereocenters. The molecule has 0 heterocycles. The Morgan fingerprint density at radius 1 is 1.08 bits per heavy atom. The van der Waals surface area contributed by atoms with Crippen LogP contribution in [0.5, 0.6) is 5.75 Å². The third-order valence-corrected chi connectivity index (χ3v) is 3.15. The summed E-state index contributed by atoms with van der Waals surface area (Å²) in [4.78, 5) is 26.8. The highest BCUT2D eigenvalue weighted by Gasteiger charge is 2.06. The van der Waals surface area contributed by atoms with Gasteiger partial charge in [-0.1, -0.05) is 0 Å². The standard InChI is InChI=1S/C20H22N2O4/c1-14(2)26-20(24)13-25-19-10-4-16(5-11-19)12-21-17-6-8-18(9-7-17)22-15(3)23/h4-12,14H,13H2,1-3H3,(H,22,23). The van der Waals surface area contributed by atoms with Gasteiger partial charge in [0.15, 0.2) is 6.61 Å². The molecule has 1 amide bonds. The fourth-order valence-corrected chi connectivity index (χ4v) is 2.07. The maximum absolute atomic E-state index is 11.4. The number of nitrogens with zero attached hydrogens (tertiary/aromatic N) is 1. The van der Waals surface area contributed by atoms with Crippen LogP contribution in [0.3, 0.4) is 0 Å². The molecule has 0 spiro atoms. The highest BCUT2D eigenvalue weighted by atomic mass is 16.6. The molecule has 0 aliphatic rings. The zero-order valence-electron chi connectivity index (χ0n) is 15.1. The number of aliphatic imine (C=N–C) groups is 1. The van der Waals surface area contributed by atoms with Crippen LogP contribution < -0.4 is 10.1 Å². The van der Waals surface area contributed by atoms with Crippen molar-refractivity contribution >= 4 is 29.5 Å². The minimum absolute atomic E-state index is 0.110. The normalized spacial score (nSPS) is 10.8. The zero-order valence-corrected chi connectivity index (χ0v) is 15.1. The molecule has 0 radical (unpaired) electrons. The Morgan fingerprint density at radius 3 is 2.31 bits per heavy atom. The lowest BCUT2D eigenvalue weighted by Gasteiger charge is -2.09. The number of hydrogen-bond donors (Lipinski definition) is 1. The summed E-state index contributed by atoms with van der Waals surface area (Å²) in [6.07, 6.45) is 1.57. The molecule has 0 aromatic heterocycles. The number of rotatable bonds is 7. The molecular formula is C20H22N2O4. The predicted octanol–water partition coefficient (Wildman–Crippen LogP) is 3.73. The van der Waals surface area contributed by atoms with E-state index in [0.29, 0.717) is 5.75 Å². The lowest BCUT2D eigenvalue weighted by atomic mass is 10.2. The van der Waals surface area contributed by atoms with E-state index in [4.69, 9.17) is 9.47 Å². The van der Waals surface area contributed by atoms with E-state index in [1.807, 2.05) is 24.3 Å². The van der Waals surface area contributed by atoms with Crippen molar-refractivity contribution in [2.75, 3.05) is 11.9 Å². The van der Waals surface area contributed by atoms with Gasteiger partial charge >= 0.3 is 5.97 Å². The number of ether oxygens (including phenoxy) is 2. The van der Waals surface area contributed by atoms with Crippen LogP contribution in [0.25, 0.3) is 0 Å². The molecule has 2 rings (SSSR count). The van der Waals surface area contributed by atoms with Crippen molar-refractivity contribution in [3.8, 4) is 5.75 Å². The highest BCUT2D eigenvalue weighted by Crippen LogP contribution is 2.17. The van der Waals surface area contributed by atoms with Gasteiger partial charge in [-0.15, -0.1) is 0 Å². The van der Waals surface area contributed by atoms with Crippen LogP contribution in [0.1, 0.15) is 26.3 Å². The molecule has 0 aliphatic carbocycles. The molecule has 6 heteroatoms. The van der Waals surface area contributed by atoms with Crippen molar-refractivity contribution in [2.45, 2.75) is 26.9 Å². The number of esters is 1. The molecule has 26 heavy (non-hydrogen) atoms. The van der Waals surface area contributed by atoms with Gasteiger partial charge in [0, 0.05) is 18.8 Å². The minimum atomic E-state index is -0.395. The van der Waals surface area contributed by atoms with Crippen molar-refractivity contribution < 1.29 is 19.1 Å². The Morgan fingerprint density at radius 2 is 1.73 bits per heavy atom. The molecule has 0 unspecified atom stereocenters. The second-order valence-electron chi connectivity index (χ2n) is 5.88. The minimum Gasteiger partial charge on any atom is -0.482 e. The molecule has 0 aliphatic heterocycles. The Kier molecular flexibility index (Phi) is 6.91. The van der Waals surface area contributed by atoms with Gasteiger partial charge in [-0.2, -0.15) is 0 Å². The summed E-state index contributed by atoms with van der Waals surface area (Å²) < 4.78 is 10.4. The topological polar surface area (TPSA) is 77.0 Å². The number of amides is 1. The Bertz CT molecular complexity index is 765. The third kappa shape index (κ3) is 6.76. The van der Waals surface area contributed by atoms with Crippen LogP contribution in [0.2, 0.25) is 0 Å². The van der Waals surface area contributed by atoms with Gasteiger partial charge in [0.25, 0.3) is 0 Å². The Hall–Kier alpha value is -3.15. The quantitative estimate of drug-likeness (QED) is 0.607. The van der Waals surface area contributed by atoms with Crippen LogP contribution in [-0.4, -0.2) is 30.8 Å². The van der Waals surface area contributed by atoms with Crippen LogP contribution >= 0.6 is 0 Å². The lowest BCUT2D eigenvalue weighted by molar-refractivity contribution is -0.149. The molecule has 2 aromatic carbocycles. The fraction of sp³-hybridized carbons (Fsp3) is 0.250. The Labute approximate surface area is 152 Å². The Balaban J connectivity index is 1.89. The van der Waals surface area contributed by atoms with Gasteiger partial charge in [0.2, 0.25) is 5.91 Å². The van der Waals surface area contributed by atoms with Crippen LogP contribution in [0.4, 0.5) is 11.4 Å². The first-order valence-corrected chi connectivity index (χ1v) is 8.26. The van der Waals surface area contributed by atoms with E-state index in [-0.39, 0.29) is 18.6 Å². The molecule has 136 valence electrons. The molecular weight excluding hydrogens is 332 g/mol. The van der Waals surface area contributed by atoms with E-state index < -0.39 is 5.97 Å². The van der Waals surface area contributed by atoms with E-state index in [2.05, 4.69) is 10.3 Å². The van der Waals surface area contributed by atoms with E-state index in [0.717, 1.165) is 16.9 Å². The number of benzene rings is 2. The van der Waals surface area contributed by atoms with Gasteiger partial charge in [-0.25, -0.2) is 4.79 Å². The maximum atomic E-state index is 11.4. The summed E-state index contributed by atoms with van der Waals surface area (Å²) in [5.41, 5.74) is 2.40. The SMILES string of the molecule is CC(=O)Nc1ccc(N=Cc2ccc(OCC(=O)OC(C)C)cc2)cc1. The summed E-state index contributed by atoms with van der Waals surface area (Å²) in [6, 6.07) is 14.5. The van der Waals surface area contributed by atoms with Crippen molar-refractivity contribution in [3.63, 3.8) is 0 Å². The monoisotopic (exact) mass is 354 g/mol. The van der Waals surface area contributed by atoms with Gasteiger partial charge in [-0.05, 0) is 67.9 Å². The third-order valence-electron chi connectivity index (χ3n) is 3.15.